The molecule has 1 amide bonds. The van der Waals surface area contributed by atoms with Crippen LogP contribution >= 0.6 is 0 Å². The highest BCUT2D eigenvalue weighted by Gasteiger charge is 2.18. The van der Waals surface area contributed by atoms with Crippen molar-refractivity contribution in [2.75, 3.05) is 0 Å². The van der Waals surface area contributed by atoms with Gasteiger partial charge in [0, 0.05) is 6.92 Å². The standard InChI is InChI=1S/C19H21NO3/c1-13-9-10-17(11-14(13)2)23-19(22)12-18(20-15(3)21)16-7-5-4-6-8-16/h4-11,18H,12H2,1-3H3,(H,20,21)/t18-/m1/s1. The van der Waals surface area contributed by atoms with E-state index in [2.05, 4.69) is 5.32 Å². The molecule has 0 radical (unpaired) electrons. The van der Waals surface area contributed by atoms with Gasteiger partial charge in [-0.3, -0.25) is 9.59 Å². The minimum absolute atomic E-state index is 0.0799. The smallest absolute Gasteiger partial charge is 0.313 e. The Balaban J connectivity index is 2.08. The first-order valence-corrected chi connectivity index (χ1v) is 7.55. The highest BCUT2D eigenvalue weighted by Crippen LogP contribution is 2.20. The Labute approximate surface area is 136 Å². The fourth-order valence-electron chi connectivity index (χ4n) is 2.30. The van der Waals surface area contributed by atoms with E-state index >= 15 is 0 Å². The zero-order chi connectivity index (χ0) is 16.8. The minimum atomic E-state index is -0.396. The number of hydrogen-bond acceptors (Lipinski definition) is 3. The lowest BCUT2D eigenvalue weighted by atomic mass is 10.0. The Bertz CT molecular complexity index is 695. The number of carbonyl (C=O) groups excluding carboxylic acids is 2. The molecule has 0 heterocycles. The van der Waals surface area contributed by atoms with Crippen molar-refractivity contribution in [3.05, 3.63) is 65.2 Å². The highest BCUT2D eigenvalue weighted by atomic mass is 16.5. The van der Waals surface area contributed by atoms with Gasteiger partial charge < -0.3 is 10.1 Å². The summed E-state index contributed by atoms with van der Waals surface area (Å²) in [6.45, 7) is 5.41. The molecule has 0 bridgehead atoms. The molecule has 0 aliphatic carbocycles. The Hall–Kier alpha value is -2.62. The maximum Gasteiger partial charge on any atom is 0.313 e. The molecule has 0 aliphatic rings. The van der Waals surface area contributed by atoms with Gasteiger partial charge in [0.2, 0.25) is 5.91 Å². The third kappa shape index (κ3) is 4.95. The molecule has 2 aromatic carbocycles. The summed E-state index contributed by atoms with van der Waals surface area (Å²) >= 11 is 0. The van der Waals surface area contributed by atoms with Crippen molar-refractivity contribution in [2.45, 2.75) is 33.2 Å². The van der Waals surface area contributed by atoms with E-state index in [1.54, 1.807) is 6.07 Å². The van der Waals surface area contributed by atoms with Crippen LogP contribution < -0.4 is 10.1 Å². The predicted molar refractivity (Wildman–Crippen MR) is 89.2 cm³/mol. The predicted octanol–water partition coefficient (Wildman–Crippen LogP) is 3.48. The Morgan fingerprint density at radius 2 is 1.74 bits per heavy atom. The topological polar surface area (TPSA) is 55.4 Å². The summed E-state index contributed by atoms with van der Waals surface area (Å²) in [5.41, 5.74) is 3.08. The van der Waals surface area contributed by atoms with E-state index in [-0.39, 0.29) is 18.3 Å². The maximum atomic E-state index is 12.2. The fraction of sp³-hybridized carbons (Fsp3) is 0.263. The molecule has 1 N–H and O–H groups in total. The van der Waals surface area contributed by atoms with Gasteiger partial charge in [0.1, 0.15) is 5.75 Å². The van der Waals surface area contributed by atoms with Crippen molar-refractivity contribution in [2.24, 2.45) is 0 Å². The number of rotatable bonds is 5. The van der Waals surface area contributed by atoms with Crippen LogP contribution in [0, 0.1) is 13.8 Å². The van der Waals surface area contributed by atoms with Gasteiger partial charge in [-0.2, -0.15) is 0 Å². The lowest BCUT2D eigenvalue weighted by molar-refractivity contribution is -0.135. The molecule has 0 fully saturated rings. The third-order valence-corrected chi connectivity index (χ3v) is 3.66. The van der Waals surface area contributed by atoms with Crippen LogP contribution in [-0.4, -0.2) is 11.9 Å². The summed E-state index contributed by atoms with van der Waals surface area (Å²) in [6.07, 6.45) is 0.0799. The van der Waals surface area contributed by atoms with E-state index in [1.165, 1.54) is 6.92 Å². The minimum Gasteiger partial charge on any atom is -0.426 e. The second-order valence-corrected chi connectivity index (χ2v) is 5.59. The Kier molecular flexibility index (Phi) is 5.52. The summed E-state index contributed by atoms with van der Waals surface area (Å²) in [4.78, 5) is 23.6. The van der Waals surface area contributed by atoms with Crippen LogP contribution in [0.3, 0.4) is 0 Å². The molecular formula is C19H21NO3. The molecule has 0 unspecified atom stereocenters. The van der Waals surface area contributed by atoms with Crippen molar-refractivity contribution in [1.82, 2.24) is 5.32 Å². The van der Waals surface area contributed by atoms with E-state index < -0.39 is 6.04 Å². The number of carbonyl (C=O) groups is 2. The van der Waals surface area contributed by atoms with Crippen molar-refractivity contribution in [1.29, 1.82) is 0 Å². The van der Waals surface area contributed by atoms with Gasteiger partial charge in [-0.15, -0.1) is 0 Å². The van der Waals surface area contributed by atoms with Gasteiger partial charge in [-0.1, -0.05) is 36.4 Å². The molecule has 0 saturated heterocycles. The molecule has 1 atom stereocenters. The van der Waals surface area contributed by atoms with Crippen LogP contribution in [0.2, 0.25) is 0 Å². The van der Waals surface area contributed by atoms with E-state index in [1.807, 2.05) is 56.3 Å². The summed E-state index contributed by atoms with van der Waals surface area (Å²) in [5.74, 6) is -0.0403. The number of esters is 1. The summed E-state index contributed by atoms with van der Waals surface area (Å²) < 4.78 is 5.39. The number of hydrogen-bond donors (Lipinski definition) is 1. The number of aryl methyl sites for hydroxylation is 2. The van der Waals surface area contributed by atoms with Crippen molar-refractivity contribution >= 4 is 11.9 Å². The van der Waals surface area contributed by atoms with Crippen LogP contribution in [0.15, 0.2) is 48.5 Å². The number of benzene rings is 2. The van der Waals surface area contributed by atoms with Gasteiger partial charge >= 0.3 is 5.97 Å². The number of amides is 1. The zero-order valence-electron chi connectivity index (χ0n) is 13.6. The quantitative estimate of drug-likeness (QED) is 0.679. The van der Waals surface area contributed by atoms with E-state index in [4.69, 9.17) is 4.74 Å². The first kappa shape index (κ1) is 16.7. The van der Waals surface area contributed by atoms with Gasteiger partial charge in [-0.05, 0) is 42.7 Å². The molecule has 2 rings (SSSR count). The first-order valence-electron chi connectivity index (χ1n) is 7.55. The largest absolute Gasteiger partial charge is 0.426 e. The summed E-state index contributed by atoms with van der Waals surface area (Å²) in [6, 6.07) is 14.5. The molecule has 4 heteroatoms. The van der Waals surface area contributed by atoms with Crippen LogP contribution in [0.25, 0.3) is 0 Å². The molecule has 120 valence electrons. The van der Waals surface area contributed by atoms with Gasteiger partial charge in [0.25, 0.3) is 0 Å². The highest BCUT2D eigenvalue weighted by molar-refractivity contribution is 5.77. The van der Waals surface area contributed by atoms with Crippen molar-refractivity contribution in [3.63, 3.8) is 0 Å². The fourth-order valence-corrected chi connectivity index (χ4v) is 2.30. The lowest BCUT2D eigenvalue weighted by Gasteiger charge is -2.17. The van der Waals surface area contributed by atoms with Crippen LogP contribution in [0.1, 0.15) is 36.1 Å². The van der Waals surface area contributed by atoms with E-state index in [0.717, 1.165) is 16.7 Å². The molecule has 4 nitrogen and oxygen atoms in total. The average molecular weight is 311 g/mol. The third-order valence-electron chi connectivity index (χ3n) is 3.66. The number of nitrogens with one attached hydrogen (secondary N) is 1. The van der Waals surface area contributed by atoms with Crippen LogP contribution in [0.4, 0.5) is 0 Å². The Morgan fingerprint density at radius 1 is 1.04 bits per heavy atom. The monoisotopic (exact) mass is 311 g/mol. The molecular weight excluding hydrogens is 290 g/mol. The lowest BCUT2D eigenvalue weighted by Crippen LogP contribution is -2.29. The van der Waals surface area contributed by atoms with Crippen molar-refractivity contribution < 1.29 is 14.3 Å². The first-order chi connectivity index (χ1) is 11.0. The van der Waals surface area contributed by atoms with Gasteiger partial charge in [0.15, 0.2) is 0 Å². The van der Waals surface area contributed by atoms with Crippen LogP contribution in [-0.2, 0) is 9.59 Å². The van der Waals surface area contributed by atoms with E-state index in [0.29, 0.717) is 5.75 Å². The Morgan fingerprint density at radius 3 is 2.35 bits per heavy atom. The summed E-state index contributed by atoms with van der Waals surface area (Å²) in [7, 11) is 0. The molecule has 23 heavy (non-hydrogen) atoms. The molecule has 0 aromatic heterocycles. The summed E-state index contributed by atoms with van der Waals surface area (Å²) in [5, 5.41) is 2.79. The molecule has 2 aromatic rings. The van der Waals surface area contributed by atoms with Crippen molar-refractivity contribution in [3.8, 4) is 5.75 Å². The second-order valence-electron chi connectivity index (χ2n) is 5.59. The average Bonchev–Trinajstić information content (AvgIpc) is 2.51. The van der Waals surface area contributed by atoms with Crippen LogP contribution in [0.5, 0.6) is 5.75 Å². The normalized spacial score (nSPS) is 11.6. The maximum absolute atomic E-state index is 12.2. The SMILES string of the molecule is CC(=O)N[C@H](CC(=O)Oc1ccc(C)c(C)c1)c1ccccc1. The zero-order valence-corrected chi connectivity index (χ0v) is 13.6. The van der Waals surface area contributed by atoms with Gasteiger partial charge in [0.05, 0.1) is 12.5 Å². The molecule has 0 aliphatic heterocycles. The second kappa shape index (κ2) is 7.58. The van der Waals surface area contributed by atoms with Gasteiger partial charge in [-0.25, -0.2) is 0 Å². The number of ether oxygens (including phenoxy) is 1. The molecule has 0 saturated carbocycles. The molecule has 0 spiro atoms. The van der Waals surface area contributed by atoms with E-state index in [9.17, 15) is 9.59 Å².